The highest BCUT2D eigenvalue weighted by atomic mass is 16.3. The normalized spacial score (nSPS) is 12.8. The van der Waals surface area contributed by atoms with Crippen LogP contribution in [0.1, 0.15) is 35.6 Å². The Balaban J connectivity index is 1.85. The van der Waals surface area contributed by atoms with Gasteiger partial charge < -0.3 is 21.1 Å². The first-order valence-corrected chi connectivity index (χ1v) is 10.3. The number of aromatic hydroxyl groups is 1. The molecule has 0 spiro atoms. The Morgan fingerprint density at radius 3 is 2.33 bits per heavy atom. The number of phenolic OH excluding ortho intramolecular Hbond substituents is 1. The molecule has 2 aromatic rings. The summed E-state index contributed by atoms with van der Waals surface area (Å²) >= 11 is 0. The Bertz CT molecular complexity index is 844. The van der Waals surface area contributed by atoms with E-state index < -0.39 is 12.1 Å². The van der Waals surface area contributed by atoms with Gasteiger partial charge in [-0.15, -0.1) is 0 Å². The number of rotatable bonds is 9. The van der Waals surface area contributed by atoms with Gasteiger partial charge in [-0.3, -0.25) is 9.59 Å². The molecule has 2 rings (SSSR count). The lowest BCUT2D eigenvalue weighted by atomic mass is 9.95. The van der Waals surface area contributed by atoms with Crippen molar-refractivity contribution >= 4 is 11.8 Å². The minimum Gasteiger partial charge on any atom is -0.508 e. The molecule has 0 aliphatic rings. The van der Waals surface area contributed by atoms with Crippen LogP contribution in [-0.4, -0.2) is 47.5 Å². The number of nitrogens with two attached hydrogens (primary N) is 1. The summed E-state index contributed by atoms with van der Waals surface area (Å²) in [5.74, 6) is -0.278. The lowest BCUT2D eigenvalue weighted by Gasteiger charge is -2.27. The molecule has 2 amide bonds. The molecule has 0 aromatic heterocycles. The summed E-state index contributed by atoms with van der Waals surface area (Å²) in [6.45, 7) is 6.02. The molecule has 30 heavy (non-hydrogen) atoms. The fourth-order valence-corrected chi connectivity index (χ4v) is 3.52. The van der Waals surface area contributed by atoms with Crippen LogP contribution in [0.5, 0.6) is 5.75 Å². The number of likely N-dealkylation sites (N-methyl/N-ethyl adjacent to an activating group) is 1. The number of carbonyl (C=O) groups is 2. The maximum atomic E-state index is 12.8. The van der Waals surface area contributed by atoms with Gasteiger partial charge >= 0.3 is 0 Å². The van der Waals surface area contributed by atoms with E-state index in [0.29, 0.717) is 13.0 Å². The van der Waals surface area contributed by atoms with Crippen LogP contribution >= 0.6 is 0 Å². The summed E-state index contributed by atoms with van der Waals surface area (Å²) in [6.07, 6.45) is 2.08. The second-order valence-electron chi connectivity index (χ2n) is 7.87. The van der Waals surface area contributed by atoms with Crippen LogP contribution in [0.15, 0.2) is 42.5 Å². The van der Waals surface area contributed by atoms with E-state index >= 15 is 0 Å². The van der Waals surface area contributed by atoms with Gasteiger partial charge in [0.05, 0.1) is 6.04 Å². The van der Waals surface area contributed by atoms with Crippen molar-refractivity contribution in [3.63, 3.8) is 0 Å². The van der Waals surface area contributed by atoms with Crippen molar-refractivity contribution in [2.24, 2.45) is 5.73 Å². The van der Waals surface area contributed by atoms with Crippen LogP contribution in [0.3, 0.4) is 0 Å². The largest absolute Gasteiger partial charge is 0.508 e. The van der Waals surface area contributed by atoms with Crippen molar-refractivity contribution in [1.29, 1.82) is 0 Å². The predicted molar refractivity (Wildman–Crippen MR) is 119 cm³/mol. The standard InChI is InChI=1S/C24H33N3O3/c1-16-13-20(28)14-17(2)21(16)15-22(25)24(30)27(4)18(3)23(29)26-12-8-11-19-9-6-5-7-10-19/h5-7,9-10,13-14,18,22,28H,8,11-12,15,25H2,1-4H3,(H,26,29)/t18-,22-/m1/s1. The number of carbonyl (C=O) groups excluding carboxylic acids is 2. The lowest BCUT2D eigenvalue weighted by Crippen LogP contribution is -2.51. The predicted octanol–water partition coefficient (Wildman–Crippen LogP) is 2.47. The van der Waals surface area contributed by atoms with E-state index in [1.807, 2.05) is 32.0 Å². The number of amides is 2. The molecule has 0 unspecified atom stereocenters. The Kier molecular flexibility index (Phi) is 8.42. The summed E-state index contributed by atoms with van der Waals surface area (Å²) in [4.78, 5) is 26.6. The number of aryl methyl sites for hydroxylation is 3. The third-order valence-electron chi connectivity index (χ3n) is 5.51. The second-order valence-corrected chi connectivity index (χ2v) is 7.87. The first-order valence-electron chi connectivity index (χ1n) is 10.3. The fraction of sp³-hybridized carbons (Fsp3) is 0.417. The zero-order valence-electron chi connectivity index (χ0n) is 18.3. The second kappa shape index (κ2) is 10.8. The number of benzene rings is 2. The van der Waals surface area contributed by atoms with Gasteiger partial charge in [0, 0.05) is 13.6 Å². The minimum atomic E-state index is -0.759. The average Bonchev–Trinajstić information content (AvgIpc) is 2.72. The summed E-state index contributed by atoms with van der Waals surface area (Å²) in [5.41, 5.74) is 10.1. The van der Waals surface area contributed by atoms with E-state index in [-0.39, 0.29) is 17.6 Å². The Morgan fingerprint density at radius 1 is 1.13 bits per heavy atom. The quantitative estimate of drug-likeness (QED) is 0.553. The van der Waals surface area contributed by atoms with E-state index in [2.05, 4.69) is 17.4 Å². The molecule has 0 heterocycles. The molecule has 0 fully saturated rings. The van der Waals surface area contributed by atoms with Crippen LogP contribution in [0.2, 0.25) is 0 Å². The molecular formula is C24H33N3O3. The maximum absolute atomic E-state index is 12.8. The molecule has 162 valence electrons. The smallest absolute Gasteiger partial charge is 0.242 e. The van der Waals surface area contributed by atoms with E-state index in [1.165, 1.54) is 10.5 Å². The molecule has 0 bridgehead atoms. The minimum absolute atomic E-state index is 0.192. The molecule has 2 atom stereocenters. The zero-order valence-corrected chi connectivity index (χ0v) is 18.3. The molecule has 4 N–H and O–H groups in total. The maximum Gasteiger partial charge on any atom is 0.242 e. The molecule has 6 heteroatoms. The summed E-state index contributed by atoms with van der Waals surface area (Å²) in [5, 5.41) is 12.6. The first-order chi connectivity index (χ1) is 14.2. The highest BCUT2D eigenvalue weighted by Crippen LogP contribution is 2.22. The van der Waals surface area contributed by atoms with Crippen LogP contribution in [0.4, 0.5) is 0 Å². The number of hydrogen-bond donors (Lipinski definition) is 3. The third kappa shape index (κ3) is 6.32. The van der Waals surface area contributed by atoms with Crippen LogP contribution < -0.4 is 11.1 Å². The van der Waals surface area contributed by atoms with Gasteiger partial charge in [-0.1, -0.05) is 30.3 Å². The summed E-state index contributed by atoms with van der Waals surface area (Å²) in [7, 11) is 1.60. The van der Waals surface area contributed by atoms with Crippen LogP contribution in [0, 0.1) is 13.8 Å². The Hall–Kier alpha value is -2.86. The number of hydrogen-bond acceptors (Lipinski definition) is 4. The van der Waals surface area contributed by atoms with Gasteiger partial charge in [0.15, 0.2) is 0 Å². The van der Waals surface area contributed by atoms with Gasteiger partial charge in [-0.2, -0.15) is 0 Å². The number of phenols is 1. The topological polar surface area (TPSA) is 95.7 Å². The van der Waals surface area contributed by atoms with Crippen molar-refractivity contribution in [3.8, 4) is 5.75 Å². The summed E-state index contributed by atoms with van der Waals surface area (Å²) < 4.78 is 0. The SMILES string of the molecule is Cc1cc(O)cc(C)c1C[C@@H](N)C(=O)N(C)[C@H](C)C(=O)NCCCc1ccccc1. The van der Waals surface area contributed by atoms with Crippen molar-refractivity contribution < 1.29 is 14.7 Å². The van der Waals surface area contributed by atoms with E-state index in [4.69, 9.17) is 5.73 Å². The molecule has 0 saturated heterocycles. The fourth-order valence-electron chi connectivity index (χ4n) is 3.52. The summed E-state index contributed by atoms with van der Waals surface area (Å²) in [6, 6.07) is 12.1. The van der Waals surface area contributed by atoms with Crippen molar-refractivity contribution in [2.45, 2.75) is 52.1 Å². The zero-order chi connectivity index (χ0) is 22.3. The van der Waals surface area contributed by atoms with Gasteiger partial charge in [0.2, 0.25) is 11.8 Å². The van der Waals surface area contributed by atoms with Gasteiger partial charge in [-0.25, -0.2) is 0 Å². The third-order valence-corrected chi connectivity index (χ3v) is 5.51. The van der Waals surface area contributed by atoms with Gasteiger partial charge in [0.25, 0.3) is 0 Å². The van der Waals surface area contributed by atoms with E-state index in [0.717, 1.165) is 29.5 Å². The van der Waals surface area contributed by atoms with Crippen molar-refractivity contribution in [3.05, 3.63) is 64.7 Å². The molecule has 0 radical (unpaired) electrons. The Morgan fingerprint density at radius 2 is 1.73 bits per heavy atom. The molecule has 0 saturated carbocycles. The monoisotopic (exact) mass is 411 g/mol. The Labute approximate surface area is 179 Å². The van der Waals surface area contributed by atoms with Crippen molar-refractivity contribution in [1.82, 2.24) is 10.2 Å². The van der Waals surface area contributed by atoms with E-state index in [1.54, 1.807) is 26.1 Å². The van der Waals surface area contributed by atoms with Gasteiger partial charge in [-0.05, 0) is 74.4 Å². The molecule has 2 aromatic carbocycles. The highest BCUT2D eigenvalue weighted by Gasteiger charge is 2.27. The molecule has 6 nitrogen and oxygen atoms in total. The molecular weight excluding hydrogens is 378 g/mol. The number of nitrogens with zero attached hydrogens (tertiary/aromatic N) is 1. The van der Waals surface area contributed by atoms with E-state index in [9.17, 15) is 14.7 Å². The first kappa shape index (κ1) is 23.4. The lowest BCUT2D eigenvalue weighted by molar-refractivity contribution is -0.139. The van der Waals surface area contributed by atoms with Crippen LogP contribution in [-0.2, 0) is 22.4 Å². The molecule has 0 aliphatic heterocycles. The van der Waals surface area contributed by atoms with Crippen molar-refractivity contribution in [2.75, 3.05) is 13.6 Å². The average molecular weight is 412 g/mol. The number of nitrogens with one attached hydrogen (secondary N) is 1. The highest BCUT2D eigenvalue weighted by molar-refractivity contribution is 5.89. The molecule has 0 aliphatic carbocycles. The van der Waals surface area contributed by atoms with Crippen LogP contribution in [0.25, 0.3) is 0 Å². The van der Waals surface area contributed by atoms with Gasteiger partial charge in [0.1, 0.15) is 11.8 Å².